The summed E-state index contributed by atoms with van der Waals surface area (Å²) in [6.07, 6.45) is -2.53. The van der Waals surface area contributed by atoms with E-state index in [-0.39, 0.29) is 22.1 Å². The van der Waals surface area contributed by atoms with E-state index < -0.39 is 46.1 Å². The smallest absolute Gasteiger partial charge is 0.347 e. The molecule has 1 aromatic heterocycles. The van der Waals surface area contributed by atoms with Gasteiger partial charge in [0.25, 0.3) is 11.8 Å². The highest BCUT2D eigenvalue weighted by Gasteiger charge is 2.60. The van der Waals surface area contributed by atoms with Gasteiger partial charge in [-0.1, -0.05) is 0 Å². The highest BCUT2D eigenvalue weighted by molar-refractivity contribution is 7.81. The summed E-state index contributed by atoms with van der Waals surface area (Å²) in [6, 6.07) is 5.86. The Hall–Kier alpha value is -3.59. The van der Waals surface area contributed by atoms with Gasteiger partial charge in [0.05, 0.1) is 23.0 Å². The Labute approximate surface area is 209 Å². The lowest BCUT2D eigenvalue weighted by molar-refractivity contribution is -0.138. The Morgan fingerprint density at radius 2 is 1.86 bits per heavy atom. The summed E-state index contributed by atoms with van der Waals surface area (Å²) in [5.74, 6) is -2.01. The van der Waals surface area contributed by atoms with Gasteiger partial charge in [0.15, 0.2) is 10.8 Å². The van der Waals surface area contributed by atoms with Crippen LogP contribution in [0.2, 0.25) is 0 Å². The number of halogens is 4. The second-order valence-electron chi connectivity index (χ2n) is 9.71. The van der Waals surface area contributed by atoms with Crippen LogP contribution in [0.25, 0.3) is 0 Å². The molecule has 36 heavy (non-hydrogen) atoms. The average molecular weight is 520 g/mol. The number of amides is 2. The van der Waals surface area contributed by atoms with Crippen LogP contribution in [0.5, 0.6) is 0 Å². The van der Waals surface area contributed by atoms with Crippen molar-refractivity contribution in [3.63, 3.8) is 0 Å². The Morgan fingerprint density at radius 1 is 1.19 bits per heavy atom. The number of carbonyl (C=O) groups excluding carboxylic acids is 2. The van der Waals surface area contributed by atoms with Crippen LogP contribution in [0.15, 0.2) is 30.5 Å². The Balaban J connectivity index is 1.75. The van der Waals surface area contributed by atoms with E-state index in [4.69, 9.17) is 17.5 Å². The van der Waals surface area contributed by atoms with Gasteiger partial charge in [0.1, 0.15) is 17.4 Å². The zero-order valence-electron chi connectivity index (χ0n) is 19.5. The maximum absolute atomic E-state index is 15.0. The highest BCUT2D eigenvalue weighted by Crippen LogP contribution is 2.48. The Morgan fingerprint density at radius 3 is 2.36 bits per heavy atom. The molecule has 2 fully saturated rings. The number of nitrogens with zero attached hydrogens (tertiary/aromatic N) is 4. The van der Waals surface area contributed by atoms with Crippen molar-refractivity contribution in [3.8, 4) is 6.07 Å². The van der Waals surface area contributed by atoms with Gasteiger partial charge in [-0.15, -0.1) is 0 Å². The van der Waals surface area contributed by atoms with E-state index >= 15 is 4.39 Å². The Kier molecular flexibility index (Phi) is 6.03. The van der Waals surface area contributed by atoms with E-state index in [1.54, 1.807) is 20.8 Å². The molecule has 1 saturated carbocycles. The van der Waals surface area contributed by atoms with Crippen LogP contribution in [0.4, 0.5) is 28.9 Å². The number of thiocarbonyl (C=S) groups is 1. The second kappa shape index (κ2) is 8.51. The molecule has 1 saturated heterocycles. The van der Waals surface area contributed by atoms with E-state index in [2.05, 4.69) is 10.3 Å². The minimum atomic E-state index is -4.88. The van der Waals surface area contributed by atoms with Crippen LogP contribution in [0, 0.1) is 17.1 Å². The number of pyridine rings is 1. The summed E-state index contributed by atoms with van der Waals surface area (Å²) >= 11 is 5.50. The molecule has 1 N–H and O–H groups in total. The molecule has 2 aromatic rings. The first-order chi connectivity index (χ1) is 16.7. The van der Waals surface area contributed by atoms with Gasteiger partial charge >= 0.3 is 6.18 Å². The van der Waals surface area contributed by atoms with E-state index in [0.29, 0.717) is 25.3 Å². The van der Waals surface area contributed by atoms with Crippen molar-refractivity contribution in [2.45, 2.75) is 57.3 Å². The van der Waals surface area contributed by atoms with Crippen LogP contribution in [0.3, 0.4) is 0 Å². The van der Waals surface area contributed by atoms with E-state index in [1.165, 1.54) is 23.1 Å². The van der Waals surface area contributed by atoms with Gasteiger partial charge in [-0.3, -0.25) is 14.5 Å². The molecule has 2 amide bonds. The third kappa shape index (κ3) is 4.17. The molecule has 0 radical (unpaired) electrons. The maximum atomic E-state index is 15.0. The molecule has 1 spiro atoms. The third-order valence-electron chi connectivity index (χ3n) is 6.08. The number of carbonyl (C=O) groups is 2. The summed E-state index contributed by atoms with van der Waals surface area (Å²) in [4.78, 5) is 31.9. The second-order valence-corrected chi connectivity index (χ2v) is 10.1. The lowest BCUT2D eigenvalue weighted by atomic mass is 9.75. The fourth-order valence-corrected chi connectivity index (χ4v) is 4.79. The topological polar surface area (TPSA) is 89.3 Å². The van der Waals surface area contributed by atoms with Crippen LogP contribution >= 0.6 is 12.2 Å². The predicted octanol–water partition coefficient (Wildman–Crippen LogP) is 4.70. The van der Waals surface area contributed by atoms with Crippen molar-refractivity contribution in [3.05, 3.63) is 53.1 Å². The van der Waals surface area contributed by atoms with Crippen LogP contribution < -0.4 is 15.1 Å². The van der Waals surface area contributed by atoms with Crippen molar-refractivity contribution in [1.29, 1.82) is 5.26 Å². The molecule has 0 bridgehead atoms. The van der Waals surface area contributed by atoms with Crippen molar-refractivity contribution < 1.29 is 27.2 Å². The predicted molar refractivity (Wildman–Crippen MR) is 127 cm³/mol. The van der Waals surface area contributed by atoms with E-state index in [1.807, 2.05) is 0 Å². The van der Waals surface area contributed by atoms with Gasteiger partial charge < -0.3 is 10.2 Å². The van der Waals surface area contributed by atoms with Crippen LogP contribution in [-0.2, 0) is 11.0 Å². The zero-order chi connectivity index (χ0) is 26.6. The maximum Gasteiger partial charge on any atom is 0.419 e. The average Bonchev–Trinajstić information content (AvgIpc) is 2.98. The minimum absolute atomic E-state index is 0.148. The van der Waals surface area contributed by atoms with Crippen molar-refractivity contribution in [2.75, 3.05) is 9.80 Å². The zero-order valence-corrected chi connectivity index (χ0v) is 20.4. The molecule has 12 heteroatoms. The molecular weight excluding hydrogens is 498 g/mol. The lowest BCUT2D eigenvalue weighted by Gasteiger charge is -2.43. The quantitative estimate of drug-likeness (QED) is 0.467. The number of alkyl halides is 3. The summed E-state index contributed by atoms with van der Waals surface area (Å²) in [5.41, 5.74) is -4.15. The van der Waals surface area contributed by atoms with Crippen molar-refractivity contribution >= 4 is 40.5 Å². The molecule has 0 unspecified atom stereocenters. The number of nitriles is 1. The largest absolute Gasteiger partial charge is 0.419 e. The molecule has 1 aliphatic carbocycles. The molecule has 2 aliphatic rings. The molecular formula is C24H21F4N5O2S. The van der Waals surface area contributed by atoms with Crippen LogP contribution in [0.1, 0.15) is 61.6 Å². The number of benzene rings is 1. The first-order valence-electron chi connectivity index (χ1n) is 11.0. The summed E-state index contributed by atoms with van der Waals surface area (Å²) in [7, 11) is 0. The fourth-order valence-electron chi connectivity index (χ4n) is 4.32. The minimum Gasteiger partial charge on any atom is -0.347 e. The molecule has 7 nitrogen and oxygen atoms in total. The highest BCUT2D eigenvalue weighted by atomic mass is 32.1. The molecule has 2 heterocycles. The summed E-state index contributed by atoms with van der Waals surface area (Å²) < 4.78 is 55.5. The summed E-state index contributed by atoms with van der Waals surface area (Å²) in [6.45, 7) is 5.26. The monoisotopic (exact) mass is 519 g/mol. The number of anilines is 2. The van der Waals surface area contributed by atoms with Gasteiger partial charge in [0, 0.05) is 11.2 Å². The van der Waals surface area contributed by atoms with E-state index in [9.17, 15) is 22.8 Å². The molecule has 188 valence electrons. The fraction of sp³-hybridized carbons (Fsp3) is 0.375. The third-order valence-corrected chi connectivity index (χ3v) is 6.44. The van der Waals surface area contributed by atoms with Crippen molar-refractivity contribution in [2.24, 2.45) is 0 Å². The molecule has 1 aliphatic heterocycles. The molecule has 1 aromatic carbocycles. The molecule has 0 atom stereocenters. The molecule has 4 rings (SSSR count). The van der Waals surface area contributed by atoms with Crippen LogP contribution in [-0.4, -0.2) is 33.0 Å². The number of rotatable bonds is 3. The summed E-state index contributed by atoms with van der Waals surface area (Å²) in [5, 5.41) is 11.5. The van der Waals surface area contributed by atoms with Gasteiger partial charge in [-0.05, 0) is 76.5 Å². The first kappa shape index (κ1) is 25.5. The van der Waals surface area contributed by atoms with Gasteiger partial charge in [-0.2, -0.15) is 18.4 Å². The first-order valence-corrected chi connectivity index (χ1v) is 11.4. The standard InChI is InChI=1S/C24H21F4N5O2S/c1-22(2,3)31-19(34)15-6-5-13(10-17(15)25)33-21(36)32(20(35)23(33)7-4-8-23)14-9-16(24(26,27)28)18(11-29)30-12-14/h5-6,9-10,12H,4,7-8H2,1-3H3,(H,31,34). The normalized spacial score (nSPS) is 17.3. The van der Waals surface area contributed by atoms with Gasteiger partial charge in [-0.25, -0.2) is 9.37 Å². The number of hydrogen-bond acceptors (Lipinski definition) is 5. The van der Waals surface area contributed by atoms with Gasteiger partial charge in [0.2, 0.25) is 0 Å². The van der Waals surface area contributed by atoms with Crippen molar-refractivity contribution in [1.82, 2.24) is 10.3 Å². The number of nitrogens with one attached hydrogen (secondary N) is 1. The van der Waals surface area contributed by atoms with E-state index in [0.717, 1.165) is 17.2 Å². The SMILES string of the molecule is CC(C)(C)NC(=O)c1ccc(N2C(=S)N(c3cnc(C#N)c(C(F)(F)F)c3)C(=O)C23CCC3)cc1F. The lowest BCUT2D eigenvalue weighted by Crippen LogP contribution is -2.55. The Bertz CT molecular complexity index is 1330. The number of aromatic nitrogens is 1. The number of hydrogen-bond donors (Lipinski definition) is 1.